The molecule has 0 fully saturated rings. The number of hydrogen-bond donors (Lipinski definition) is 0. The first kappa shape index (κ1) is 11.3. The highest BCUT2D eigenvalue weighted by Gasteiger charge is 2.20. The van der Waals surface area contributed by atoms with Gasteiger partial charge in [-0.05, 0) is 25.0 Å². The van der Waals surface area contributed by atoms with E-state index in [0.717, 1.165) is 0 Å². The third-order valence-corrected chi connectivity index (χ3v) is 3.86. The molecule has 2 aromatic rings. The van der Waals surface area contributed by atoms with Gasteiger partial charge in [-0.2, -0.15) is 0 Å². The molecule has 0 nitrogen and oxygen atoms in total. The summed E-state index contributed by atoms with van der Waals surface area (Å²) in [5, 5.41) is 0. The van der Waals surface area contributed by atoms with E-state index in [0.29, 0.717) is 6.71 Å². The molecule has 0 unspecified atom stereocenters. The van der Waals surface area contributed by atoms with Gasteiger partial charge in [0.25, 0.3) is 0 Å². The summed E-state index contributed by atoms with van der Waals surface area (Å²) in [5.41, 5.74) is 8.25. The van der Waals surface area contributed by atoms with Gasteiger partial charge in [0.05, 0.1) is 0 Å². The fraction of sp³-hybridized carbons (Fsp3) is 0.176. The smallest absolute Gasteiger partial charge is 0.0774 e. The van der Waals surface area contributed by atoms with E-state index in [-0.39, 0.29) is 0 Å². The van der Waals surface area contributed by atoms with Crippen LogP contribution in [0.2, 0.25) is 6.82 Å². The molecule has 0 radical (unpaired) electrons. The molecule has 0 atom stereocenters. The van der Waals surface area contributed by atoms with Crippen molar-refractivity contribution in [2.24, 2.45) is 0 Å². The maximum atomic E-state index is 2.32. The first-order valence-corrected chi connectivity index (χ1v) is 6.54. The maximum absolute atomic E-state index is 2.32. The van der Waals surface area contributed by atoms with Crippen molar-refractivity contribution < 1.29 is 0 Å². The monoisotopic (exact) mass is 232 g/mol. The second-order valence-corrected chi connectivity index (χ2v) is 5.32. The van der Waals surface area contributed by atoms with Gasteiger partial charge in [0.15, 0.2) is 0 Å². The zero-order valence-electron chi connectivity index (χ0n) is 11.2. The second-order valence-electron chi connectivity index (χ2n) is 5.32. The Kier molecular flexibility index (Phi) is 2.63. The number of hydrogen-bond acceptors (Lipinski definition) is 0. The Bertz CT molecular complexity index is 583. The van der Waals surface area contributed by atoms with Gasteiger partial charge in [0.2, 0.25) is 6.71 Å². The van der Waals surface area contributed by atoms with Gasteiger partial charge in [0.1, 0.15) is 0 Å². The van der Waals surface area contributed by atoms with Gasteiger partial charge in [-0.15, -0.1) is 0 Å². The molecule has 18 heavy (non-hydrogen) atoms. The number of fused-ring (bicyclic) bond motifs is 2. The van der Waals surface area contributed by atoms with Crippen LogP contribution in [0.4, 0.5) is 0 Å². The molecule has 2 aromatic carbocycles. The molecule has 0 saturated carbocycles. The van der Waals surface area contributed by atoms with Gasteiger partial charge in [-0.25, -0.2) is 0 Å². The van der Waals surface area contributed by atoms with Gasteiger partial charge >= 0.3 is 0 Å². The van der Waals surface area contributed by atoms with Crippen LogP contribution in [-0.2, 0) is 0 Å². The first-order valence-electron chi connectivity index (χ1n) is 6.54. The minimum Gasteiger partial charge on any atom is -0.0774 e. The van der Waals surface area contributed by atoms with Crippen LogP contribution in [0.25, 0.3) is 12.2 Å². The van der Waals surface area contributed by atoms with Crippen LogP contribution in [0.5, 0.6) is 0 Å². The Morgan fingerprint density at radius 2 is 1.17 bits per heavy atom. The molecular weight excluding hydrogens is 215 g/mol. The molecule has 0 spiro atoms. The number of aryl methyl sites for hydroxylation is 2. The van der Waals surface area contributed by atoms with Crippen molar-refractivity contribution in [3.8, 4) is 0 Å². The van der Waals surface area contributed by atoms with E-state index in [2.05, 4.69) is 69.2 Å². The van der Waals surface area contributed by atoms with E-state index >= 15 is 0 Å². The largest absolute Gasteiger partial charge is 0.207 e. The Morgan fingerprint density at radius 3 is 1.61 bits per heavy atom. The Balaban J connectivity index is 2.25. The predicted molar refractivity (Wildman–Crippen MR) is 82.2 cm³/mol. The van der Waals surface area contributed by atoms with Crippen LogP contribution in [-0.4, -0.2) is 6.71 Å². The van der Waals surface area contributed by atoms with E-state index in [1.165, 1.54) is 33.2 Å². The lowest BCUT2D eigenvalue weighted by Crippen LogP contribution is -2.41. The van der Waals surface area contributed by atoms with Gasteiger partial charge in [0, 0.05) is 0 Å². The average molecular weight is 232 g/mol. The fourth-order valence-corrected chi connectivity index (χ4v) is 2.79. The van der Waals surface area contributed by atoms with Crippen molar-refractivity contribution in [1.29, 1.82) is 0 Å². The number of rotatable bonds is 0. The molecule has 1 aliphatic rings. The van der Waals surface area contributed by atoms with Crippen LogP contribution >= 0.6 is 0 Å². The summed E-state index contributed by atoms with van der Waals surface area (Å²) >= 11 is 0. The van der Waals surface area contributed by atoms with Crippen molar-refractivity contribution in [2.45, 2.75) is 20.7 Å². The van der Waals surface area contributed by atoms with E-state index in [9.17, 15) is 0 Å². The molecule has 1 heteroatoms. The van der Waals surface area contributed by atoms with Gasteiger partial charge in [-0.1, -0.05) is 77.4 Å². The van der Waals surface area contributed by atoms with E-state index < -0.39 is 0 Å². The zero-order chi connectivity index (χ0) is 12.7. The first-order chi connectivity index (χ1) is 8.65. The van der Waals surface area contributed by atoms with Gasteiger partial charge in [-0.3, -0.25) is 0 Å². The summed E-state index contributed by atoms with van der Waals surface area (Å²) in [4.78, 5) is 0. The van der Waals surface area contributed by atoms with Crippen molar-refractivity contribution >= 4 is 29.8 Å². The fourth-order valence-electron chi connectivity index (χ4n) is 2.79. The molecular formula is C17H17B. The summed E-state index contributed by atoms with van der Waals surface area (Å²) in [6.45, 7) is 7.10. The highest BCUT2D eigenvalue weighted by Crippen LogP contribution is 2.14. The standard InChI is InChI=1S/C17H17B/c1-12-4-6-14-8-9-15-7-5-13(2)11-17(15)18(3)16(14)10-12/h4-11H,1-3H3. The molecule has 0 aromatic heterocycles. The van der Waals surface area contributed by atoms with Crippen LogP contribution in [0.15, 0.2) is 36.4 Å². The van der Waals surface area contributed by atoms with Crippen molar-refractivity contribution in [3.63, 3.8) is 0 Å². The molecule has 0 amide bonds. The highest BCUT2D eigenvalue weighted by molar-refractivity contribution is 6.85. The van der Waals surface area contributed by atoms with Gasteiger partial charge < -0.3 is 0 Å². The summed E-state index contributed by atoms with van der Waals surface area (Å²) in [7, 11) is 0. The molecule has 88 valence electrons. The van der Waals surface area contributed by atoms with Crippen LogP contribution < -0.4 is 10.9 Å². The van der Waals surface area contributed by atoms with Crippen molar-refractivity contribution in [3.05, 3.63) is 58.7 Å². The normalized spacial score (nSPS) is 12.9. The third kappa shape index (κ3) is 1.80. The molecule has 1 aliphatic heterocycles. The predicted octanol–water partition coefficient (Wildman–Crippen LogP) is 3.03. The topological polar surface area (TPSA) is 0 Å². The van der Waals surface area contributed by atoms with Crippen LogP contribution in [0, 0.1) is 13.8 Å². The molecule has 0 bridgehead atoms. The summed E-state index contributed by atoms with van der Waals surface area (Å²) in [6, 6.07) is 13.5. The Hall–Kier alpha value is -1.76. The molecule has 0 aliphatic carbocycles. The minimum absolute atomic E-state index is 0.463. The summed E-state index contributed by atoms with van der Waals surface area (Å²) in [6.07, 6.45) is 4.48. The van der Waals surface area contributed by atoms with Crippen LogP contribution in [0.3, 0.4) is 0 Å². The SMILES string of the molecule is CB1c2cc(C)ccc2C=Cc2ccc(C)cc21. The summed E-state index contributed by atoms with van der Waals surface area (Å²) < 4.78 is 0. The van der Waals surface area contributed by atoms with Crippen molar-refractivity contribution in [1.82, 2.24) is 0 Å². The zero-order valence-corrected chi connectivity index (χ0v) is 11.2. The number of benzene rings is 2. The lowest BCUT2D eigenvalue weighted by atomic mass is 9.41. The van der Waals surface area contributed by atoms with E-state index in [1.54, 1.807) is 0 Å². The van der Waals surface area contributed by atoms with Crippen LogP contribution in [0.1, 0.15) is 22.3 Å². The minimum atomic E-state index is 0.463. The average Bonchev–Trinajstić information content (AvgIpc) is 2.49. The molecule has 0 saturated heterocycles. The maximum Gasteiger partial charge on any atom is 0.207 e. The summed E-state index contributed by atoms with van der Waals surface area (Å²) in [5.74, 6) is 0. The lowest BCUT2D eigenvalue weighted by Gasteiger charge is -2.14. The quantitative estimate of drug-likeness (QED) is 0.612. The molecule has 3 rings (SSSR count). The Morgan fingerprint density at radius 1 is 0.722 bits per heavy atom. The Labute approximate surface area is 109 Å². The molecule has 1 heterocycles. The van der Waals surface area contributed by atoms with E-state index in [1.807, 2.05) is 0 Å². The van der Waals surface area contributed by atoms with Crippen molar-refractivity contribution in [2.75, 3.05) is 0 Å². The van der Waals surface area contributed by atoms with E-state index in [4.69, 9.17) is 0 Å². The highest BCUT2D eigenvalue weighted by atomic mass is 14.1. The lowest BCUT2D eigenvalue weighted by molar-refractivity contribution is 1.48. The second kappa shape index (κ2) is 4.17. The third-order valence-electron chi connectivity index (χ3n) is 3.86. The molecule has 0 N–H and O–H groups in total.